The minimum atomic E-state index is -0.281. The lowest BCUT2D eigenvalue weighted by atomic mass is 10.1. The molecule has 1 heterocycles. The van der Waals surface area contributed by atoms with Crippen LogP contribution in [0.25, 0.3) is 0 Å². The highest BCUT2D eigenvalue weighted by Crippen LogP contribution is 2.39. The molecule has 108 valence electrons. The average molecular weight is 322 g/mol. The van der Waals surface area contributed by atoms with Gasteiger partial charge in [0.2, 0.25) is 5.91 Å². The van der Waals surface area contributed by atoms with E-state index >= 15 is 0 Å². The first-order valence-electron chi connectivity index (χ1n) is 6.55. The molecular weight excluding hydrogens is 309 g/mol. The predicted molar refractivity (Wildman–Crippen MR) is 83.6 cm³/mol. The number of benzene rings is 2. The summed E-state index contributed by atoms with van der Waals surface area (Å²) in [4.78, 5) is 13.8. The SMILES string of the molecule is O=C1CSC(c2ccc(Cl)cc2)N1Cc1ccccc1F. The molecule has 2 nitrogen and oxygen atoms in total. The van der Waals surface area contributed by atoms with Crippen molar-refractivity contribution in [2.24, 2.45) is 0 Å². The molecule has 0 radical (unpaired) electrons. The highest BCUT2D eigenvalue weighted by molar-refractivity contribution is 8.00. The Hall–Kier alpha value is -1.52. The molecule has 1 amide bonds. The summed E-state index contributed by atoms with van der Waals surface area (Å²) >= 11 is 7.45. The number of carbonyl (C=O) groups is 1. The van der Waals surface area contributed by atoms with Gasteiger partial charge in [-0.25, -0.2) is 4.39 Å². The largest absolute Gasteiger partial charge is 0.321 e. The van der Waals surface area contributed by atoms with Crippen LogP contribution in [-0.2, 0) is 11.3 Å². The molecule has 1 unspecified atom stereocenters. The van der Waals surface area contributed by atoms with Crippen LogP contribution in [0.3, 0.4) is 0 Å². The second-order valence-corrected chi connectivity index (χ2v) is 6.33. The number of hydrogen-bond acceptors (Lipinski definition) is 2. The van der Waals surface area contributed by atoms with Gasteiger partial charge in [-0.05, 0) is 23.8 Å². The smallest absolute Gasteiger partial charge is 0.234 e. The Labute approximate surface area is 131 Å². The minimum absolute atomic E-state index is 0.0307. The highest BCUT2D eigenvalue weighted by atomic mass is 35.5. The molecule has 0 bridgehead atoms. The van der Waals surface area contributed by atoms with Gasteiger partial charge in [0, 0.05) is 17.1 Å². The third-order valence-electron chi connectivity index (χ3n) is 3.42. The molecule has 2 aromatic rings. The summed E-state index contributed by atoms with van der Waals surface area (Å²) in [5.74, 6) is 0.169. The summed E-state index contributed by atoms with van der Waals surface area (Å²) in [5, 5.41) is 0.572. The van der Waals surface area contributed by atoms with Gasteiger partial charge in [0.1, 0.15) is 11.2 Å². The van der Waals surface area contributed by atoms with E-state index in [1.54, 1.807) is 34.9 Å². The Balaban J connectivity index is 1.86. The lowest BCUT2D eigenvalue weighted by Gasteiger charge is -2.24. The normalized spacial score (nSPS) is 18.3. The van der Waals surface area contributed by atoms with Crippen LogP contribution in [0.1, 0.15) is 16.5 Å². The molecule has 0 aromatic heterocycles. The van der Waals surface area contributed by atoms with Crippen LogP contribution < -0.4 is 0 Å². The molecule has 1 atom stereocenters. The molecule has 1 saturated heterocycles. The number of hydrogen-bond donors (Lipinski definition) is 0. The Morgan fingerprint density at radius 1 is 1.19 bits per heavy atom. The van der Waals surface area contributed by atoms with Crippen molar-refractivity contribution in [3.05, 3.63) is 70.5 Å². The van der Waals surface area contributed by atoms with Crippen LogP contribution in [0.4, 0.5) is 4.39 Å². The Morgan fingerprint density at radius 3 is 2.62 bits per heavy atom. The van der Waals surface area contributed by atoms with Crippen molar-refractivity contribution in [3.63, 3.8) is 0 Å². The van der Waals surface area contributed by atoms with Crippen molar-refractivity contribution in [2.45, 2.75) is 11.9 Å². The van der Waals surface area contributed by atoms with E-state index in [4.69, 9.17) is 11.6 Å². The third kappa shape index (κ3) is 3.06. The molecule has 0 aliphatic carbocycles. The zero-order chi connectivity index (χ0) is 14.8. The first-order valence-corrected chi connectivity index (χ1v) is 7.98. The lowest BCUT2D eigenvalue weighted by molar-refractivity contribution is -0.128. The van der Waals surface area contributed by atoms with Crippen molar-refractivity contribution in [1.29, 1.82) is 0 Å². The fraction of sp³-hybridized carbons (Fsp3) is 0.188. The average Bonchev–Trinajstić information content (AvgIpc) is 2.84. The standard InChI is InChI=1S/C16H13ClFNOS/c17-13-7-5-11(6-8-13)16-19(15(20)10-21-16)9-12-3-1-2-4-14(12)18/h1-8,16H,9-10H2. The molecule has 1 fully saturated rings. The van der Waals surface area contributed by atoms with E-state index in [9.17, 15) is 9.18 Å². The van der Waals surface area contributed by atoms with Crippen molar-refractivity contribution < 1.29 is 9.18 Å². The summed E-state index contributed by atoms with van der Waals surface area (Å²) in [5.41, 5.74) is 1.54. The zero-order valence-corrected chi connectivity index (χ0v) is 12.7. The number of carbonyl (C=O) groups excluding carboxylic acids is 1. The molecule has 5 heteroatoms. The minimum Gasteiger partial charge on any atom is -0.321 e. The molecule has 0 N–H and O–H groups in total. The molecule has 1 aliphatic heterocycles. The maximum atomic E-state index is 13.8. The summed E-state index contributed by atoms with van der Waals surface area (Å²) < 4.78 is 13.8. The molecule has 21 heavy (non-hydrogen) atoms. The number of rotatable bonds is 3. The summed E-state index contributed by atoms with van der Waals surface area (Å²) in [6.45, 7) is 0.284. The van der Waals surface area contributed by atoms with Crippen LogP contribution in [-0.4, -0.2) is 16.6 Å². The number of nitrogens with zero attached hydrogens (tertiary/aromatic N) is 1. The van der Waals surface area contributed by atoms with Gasteiger partial charge in [-0.1, -0.05) is 41.9 Å². The molecule has 0 saturated carbocycles. The second-order valence-electron chi connectivity index (χ2n) is 4.83. The Bertz CT molecular complexity index is 662. The van der Waals surface area contributed by atoms with E-state index in [0.29, 0.717) is 16.3 Å². The molecule has 3 rings (SSSR count). The van der Waals surface area contributed by atoms with Crippen molar-refractivity contribution >= 4 is 29.3 Å². The maximum absolute atomic E-state index is 13.8. The Morgan fingerprint density at radius 2 is 1.90 bits per heavy atom. The topological polar surface area (TPSA) is 20.3 Å². The van der Waals surface area contributed by atoms with Gasteiger partial charge < -0.3 is 4.90 Å². The van der Waals surface area contributed by atoms with Gasteiger partial charge in [0.15, 0.2) is 0 Å². The summed E-state index contributed by atoms with van der Waals surface area (Å²) in [6, 6.07) is 14.0. The van der Waals surface area contributed by atoms with Crippen LogP contribution in [0.5, 0.6) is 0 Å². The van der Waals surface area contributed by atoms with E-state index < -0.39 is 0 Å². The van der Waals surface area contributed by atoms with Crippen molar-refractivity contribution in [2.75, 3.05) is 5.75 Å². The van der Waals surface area contributed by atoms with Crippen LogP contribution in [0.2, 0.25) is 5.02 Å². The summed E-state index contributed by atoms with van der Waals surface area (Å²) in [6.07, 6.45) is 0. The van der Waals surface area contributed by atoms with Gasteiger partial charge in [-0.2, -0.15) is 0 Å². The van der Waals surface area contributed by atoms with Gasteiger partial charge in [-0.15, -0.1) is 11.8 Å². The number of thioether (sulfide) groups is 1. The summed E-state index contributed by atoms with van der Waals surface area (Å²) in [7, 11) is 0. The second kappa shape index (κ2) is 6.08. The third-order valence-corrected chi connectivity index (χ3v) is 4.93. The fourth-order valence-corrected chi connectivity index (χ4v) is 3.65. The van der Waals surface area contributed by atoms with Crippen molar-refractivity contribution in [1.82, 2.24) is 4.90 Å². The van der Waals surface area contributed by atoms with E-state index in [-0.39, 0.29) is 23.6 Å². The molecule has 0 spiro atoms. The van der Waals surface area contributed by atoms with E-state index in [1.165, 1.54) is 6.07 Å². The van der Waals surface area contributed by atoms with Gasteiger partial charge >= 0.3 is 0 Å². The first kappa shape index (κ1) is 14.4. The van der Waals surface area contributed by atoms with Crippen LogP contribution >= 0.6 is 23.4 Å². The van der Waals surface area contributed by atoms with Gasteiger partial charge in [0.25, 0.3) is 0 Å². The maximum Gasteiger partial charge on any atom is 0.234 e. The predicted octanol–water partition coefficient (Wildman–Crippen LogP) is 4.25. The lowest BCUT2D eigenvalue weighted by Crippen LogP contribution is -2.28. The number of amides is 1. The van der Waals surface area contributed by atoms with Gasteiger partial charge in [0.05, 0.1) is 5.75 Å². The van der Waals surface area contributed by atoms with Crippen LogP contribution in [0, 0.1) is 5.82 Å². The fourth-order valence-electron chi connectivity index (χ4n) is 2.34. The monoisotopic (exact) mass is 321 g/mol. The first-order chi connectivity index (χ1) is 10.1. The molecular formula is C16H13ClFNOS. The zero-order valence-electron chi connectivity index (χ0n) is 11.1. The van der Waals surface area contributed by atoms with E-state index in [0.717, 1.165) is 5.56 Å². The van der Waals surface area contributed by atoms with Crippen LogP contribution in [0.15, 0.2) is 48.5 Å². The molecule has 2 aromatic carbocycles. The van der Waals surface area contributed by atoms with E-state index in [2.05, 4.69) is 0 Å². The Kier molecular flexibility index (Phi) is 4.17. The van der Waals surface area contributed by atoms with E-state index in [1.807, 2.05) is 24.3 Å². The quantitative estimate of drug-likeness (QED) is 0.842. The van der Waals surface area contributed by atoms with Gasteiger partial charge in [-0.3, -0.25) is 4.79 Å². The molecule has 1 aliphatic rings. The van der Waals surface area contributed by atoms with Crippen molar-refractivity contribution in [3.8, 4) is 0 Å². The number of halogens is 2. The highest BCUT2D eigenvalue weighted by Gasteiger charge is 2.33.